The van der Waals surface area contributed by atoms with E-state index in [0.29, 0.717) is 5.16 Å². The number of thioether (sulfide) groups is 1. The van der Waals surface area contributed by atoms with Crippen molar-refractivity contribution < 1.29 is 4.79 Å². The molecule has 0 unspecified atom stereocenters. The molecule has 0 aliphatic heterocycles. The highest BCUT2D eigenvalue weighted by molar-refractivity contribution is 7.99. The van der Waals surface area contributed by atoms with E-state index in [1.165, 1.54) is 22.2 Å². The lowest BCUT2D eigenvalue weighted by atomic mass is 9.97. The maximum Gasteiger partial charge on any atom is 0.262 e. The molecule has 4 aromatic rings. The Labute approximate surface area is 201 Å². The van der Waals surface area contributed by atoms with E-state index in [-0.39, 0.29) is 23.3 Å². The quantitative estimate of drug-likeness (QED) is 0.296. The minimum Gasteiger partial charge on any atom is -0.334 e. The smallest absolute Gasteiger partial charge is 0.262 e. The SMILES string of the molecule is CN(C(=O)CSc1nc2sc3c(c2c(=O)n1C)CCC3)C(c1ccccc1)c1ccccc1. The van der Waals surface area contributed by atoms with Gasteiger partial charge in [0.25, 0.3) is 5.56 Å². The summed E-state index contributed by atoms with van der Waals surface area (Å²) in [5.74, 6) is 0.199. The average Bonchev–Trinajstić information content (AvgIpc) is 3.43. The Morgan fingerprint density at radius 1 is 1.09 bits per heavy atom. The molecule has 5 rings (SSSR count). The van der Waals surface area contributed by atoms with E-state index >= 15 is 0 Å². The molecule has 0 atom stereocenters. The molecule has 5 nitrogen and oxygen atoms in total. The number of thiophene rings is 1. The first-order chi connectivity index (χ1) is 16.0. The number of carbonyl (C=O) groups excluding carboxylic acids is 1. The molecule has 33 heavy (non-hydrogen) atoms. The van der Waals surface area contributed by atoms with Crippen molar-refractivity contribution in [3.8, 4) is 0 Å². The van der Waals surface area contributed by atoms with Crippen molar-refractivity contribution in [3.05, 3.63) is 92.6 Å². The van der Waals surface area contributed by atoms with Gasteiger partial charge in [0.2, 0.25) is 5.91 Å². The largest absolute Gasteiger partial charge is 0.334 e. The van der Waals surface area contributed by atoms with Crippen molar-refractivity contribution in [2.75, 3.05) is 12.8 Å². The highest BCUT2D eigenvalue weighted by atomic mass is 32.2. The molecule has 0 spiro atoms. The average molecular weight is 476 g/mol. The topological polar surface area (TPSA) is 55.2 Å². The van der Waals surface area contributed by atoms with Crippen LogP contribution in [0, 0.1) is 0 Å². The molecule has 0 saturated carbocycles. The Balaban J connectivity index is 1.39. The minimum absolute atomic E-state index is 0.00542. The van der Waals surface area contributed by atoms with Crippen molar-refractivity contribution in [2.24, 2.45) is 7.05 Å². The molecule has 7 heteroatoms. The van der Waals surface area contributed by atoms with Gasteiger partial charge in [-0.1, -0.05) is 72.4 Å². The number of nitrogens with zero attached hydrogens (tertiary/aromatic N) is 3. The van der Waals surface area contributed by atoms with Crippen LogP contribution >= 0.6 is 23.1 Å². The van der Waals surface area contributed by atoms with Crippen LogP contribution in [0.5, 0.6) is 0 Å². The lowest BCUT2D eigenvalue weighted by Crippen LogP contribution is -2.33. The van der Waals surface area contributed by atoms with Gasteiger partial charge in [0.15, 0.2) is 5.16 Å². The molecule has 0 bridgehead atoms. The standard InChI is InChI=1S/C26H25N3O2S2/c1-28(23(17-10-5-3-6-11-17)18-12-7-4-8-13-18)21(30)16-32-26-27-24-22(25(31)29(26)2)19-14-9-15-20(19)33-24/h3-8,10-13,23H,9,14-16H2,1-2H3. The van der Waals surface area contributed by atoms with E-state index in [1.54, 1.807) is 27.9 Å². The third-order valence-electron chi connectivity index (χ3n) is 6.24. The number of amides is 1. The molecule has 1 amide bonds. The molecule has 168 valence electrons. The second kappa shape index (κ2) is 9.15. The number of carbonyl (C=O) groups is 1. The highest BCUT2D eigenvalue weighted by Gasteiger charge is 2.25. The number of hydrogen-bond donors (Lipinski definition) is 0. The van der Waals surface area contributed by atoms with Crippen LogP contribution in [0.25, 0.3) is 10.2 Å². The fourth-order valence-corrected chi connectivity index (χ4v) is 6.72. The van der Waals surface area contributed by atoms with Crippen molar-refractivity contribution in [2.45, 2.75) is 30.5 Å². The number of aryl methyl sites for hydroxylation is 2. The monoisotopic (exact) mass is 475 g/mol. The maximum absolute atomic E-state index is 13.3. The van der Waals surface area contributed by atoms with Crippen molar-refractivity contribution in [1.82, 2.24) is 14.5 Å². The van der Waals surface area contributed by atoms with Crippen LogP contribution < -0.4 is 5.56 Å². The predicted octanol–water partition coefficient (Wildman–Crippen LogP) is 4.82. The Morgan fingerprint density at radius 2 is 1.73 bits per heavy atom. The third kappa shape index (κ3) is 4.11. The van der Waals surface area contributed by atoms with Crippen LogP contribution in [0.4, 0.5) is 0 Å². The van der Waals surface area contributed by atoms with Gasteiger partial charge in [-0.2, -0.15) is 0 Å². The second-order valence-electron chi connectivity index (χ2n) is 8.31. The van der Waals surface area contributed by atoms with Crippen molar-refractivity contribution >= 4 is 39.2 Å². The summed E-state index contributed by atoms with van der Waals surface area (Å²) in [4.78, 5) is 35.0. The predicted molar refractivity (Wildman–Crippen MR) is 135 cm³/mol. The van der Waals surface area contributed by atoms with Crippen LogP contribution in [0.1, 0.15) is 34.0 Å². The lowest BCUT2D eigenvalue weighted by molar-refractivity contribution is -0.128. The molecular weight excluding hydrogens is 450 g/mol. The minimum atomic E-state index is -0.181. The van der Waals surface area contributed by atoms with Crippen LogP contribution in [0.15, 0.2) is 70.6 Å². The molecule has 0 radical (unpaired) electrons. The van der Waals surface area contributed by atoms with Crippen molar-refractivity contribution in [1.29, 1.82) is 0 Å². The van der Waals surface area contributed by atoms with Crippen LogP contribution in [0.3, 0.4) is 0 Å². The van der Waals surface area contributed by atoms with E-state index in [2.05, 4.69) is 0 Å². The summed E-state index contributed by atoms with van der Waals surface area (Å²) in [6.07, 6.45) is 3.11. The normalized spacial score (nSPS) is 12.9. The number of hydrogen-bond acceptors (Lipinski definition) is 5. The van der Waals surface area contributed by atoms with E-state index in [1.807, 2.05) is 67.7 Å². The summed E-state index contributed by atoms with van der Waals surface area (Å²) in [5.41, 5.74) is 3.30. The highest BCUT2D eigenvalue weighted by Crippen LogP contribution is 2.35. The summed E-state index contributed by atoms with van der Waals surface area (Å²) in [7, 11) is 3.59. The molecule has 1 aliphatic rings. The van der Waals surface area contributed by atoms with Gasteiger partial charge in [0.05, 0.1) is 17.2 Å². The molecular formula is C26H25N3O2S2. The molecule has 0 N–H and O–H groups in total. The first-order valence-corrected chi connectivity index (χ1v) is 12.8. The van der Waals surface area contributed by atoms with Crippen LogP contribution in [-0.4, -0.2) is 33.2 Å². The van der Waals surface area contributed by atoms with Gasteiger partial charge < -0.3 is 4.90 Å². The van der Waals surface area contributed by atoms with Gasteiger partial charge in [0, 0.05) is 19.0 Å². The molecule has 2 aromatic carbocycles. The number of benzene rings is 2. The summed E-state index contributed by atoms with van der Waals surface area (Å²) in [5, 5.41) is 1.36. The Bertz CT molecular complexity index is 1320. The van der Waals surface area contributed by atoms with E-state index < -0.39 is 0 Å². The van der Waals surface area contributed by atoms with Gasteiger partial charge in [-0.15, -0.1) is 11.3 Å². The Hall–Kier alpha value is -2.90. The number of fused-ring (bicyclic) bond motifs is 3. The lowest BCUT2D eigenvalue weighted by Gasteiger charge is -2.29. The zero-order chi connectivity index (χ0) is 22.9. The van der Waals surface area contributed by atoms with E-state index in [0.717, 1.165) is 40.6 Å². The first kappa shape index (κ1) is 21.9. The zero-order valence-electron chi connectivity index (χ0n) is 18.7. The summed E-state index contributed by atoms with van der Waals surface area (Å²) in [6.45, 7) is 0. The van der Waals surface area contributed by atoms with Gasteiger partial charge in [0.1, 0.15) is 4.83 Å². The molecule has 2 aromatic heterocycles. The van der Waals surface area contributed by atoms with Crippen LogP contribution in [0.2, 0.25) is 0 Å². The van der Waals surface area contributed by atoms with Gasteiger partial charge in [-0.05, 0) is 36.0 Å². The fourth-order valence-electron chi connectivity index (χ4n) is 4.52. The maximum atomic E-state index is 13.3. The Morgan fingerprint density at radius 3 is 2.36 bits per heavy atom. The molecule has 0 saturated heterocycles. The first-order valence-electron chi connectivity index (χ1n) is 11.0. The summed E-state index contributed by atoms with van der Waals surface area (Å²) < 4.78 is 1.59. The number of rotatable bonds is 6. The summed E-state index contributed by atoms with van der Waals surface area (Å²) in [6, 6.07) is 19.9. The van der Waals surface area contributed by atoms with Gasteiger partial charge in [-0.25, -0.2) is 4.98 Å². The fraction of sp³-hybridized carbons (Fsp3) is 0.269. The third-order valence-corrected chi connectivity index (χ3v) is 8.44. The van der Waals surface area contributed by atoms with E-state index in [4.69, 9.17) is 4.98 Å². The molecule has 2 heterocycles. The Kier molecular flexibility index (Phi) is 6.08. The molecule has 0 fully saturated rings. The summed E-state index contributed by atoms with van der Waals surface area (Å²) >= 11 is 2.96. The van der Waals surface area contributed by atoms with Crippen LogP contribution in [-0.2, 0) is 24.7 Å². The second-order valence-corrected chi connectivity index (χ2v) is 10.3. The van der Waals surface area contributed by atoms with E-state index in [9.17, 15) is 9.59 Å². The zero-order valence-corrected chi connectivity index (χ0v) is 20.3. The van der Waals surface area contributed by atoms with Crippen molar-refractivity contribution in [3.63, 3.8) is 0 Å². The molecule has 1 aliphatic carbocycles. The van der Waals surface area contributed by atoms with Gasteiger partial charge in [-0.3, -0.25) is 14.2 Å². The van der Waals surface area contributed by atoms with Gasteiger partial charge >= 0.3 is 0 Å². The number of aromatic nitrogens is 2.